The van der Waals surface area contributed by atoms with Gasteiger partial charge in [-0.05, 0) is 13.3 Å². The van der Waals surface area contributed by atoms with Crippen LogP contribution in [0, 0.1) is 0 Å². The number of methoxy groups -OCH3 is 1. The fourth-order valence-corrected chi connectivity index (χ4v) is 0.646. The van der Waals surface area contributed by atoms with Crippen molar-refractivity contribution in [3.05, 3.63) is 0 Å². The number of carbonyl (C=O) groups excluding carboxylic acids is 1. The molecule has 0 aliphatic heterocycles. The van der Waals surface area contributed by atoms with E-state index in [4.69, 9.17) is 5.11 Å². The topological polar surface area (TPSA) is 46.5 Å². The summed E-state index contributed by atoms with van der Waals surface area (Å²) in [6.45, 7) is 1.83. The molecule has 1 atom stereocenters. The zero-order valence-corrected chi connectivity index (χ0v) is 6.46. The standard InChI is InChI=1S/C7H14O3/c1-6(8)3-4-7(9)5-10-2/h7,9H,3-5H2,1-2H3. The predicted molar refractivity (Wildman–Crippen MR) is 37.8 cm³/mol. The maximum absolute atomic E-state index is 10.4. The Morgan fingerprint density at radius 3 is 2.70 bits per heavy atom. The van der Waals surface area contributed by atoms with E-state index in [1.54, 1.807) is 0 Å². The minimum absolute atomic E-state index is 0.107. The highest BCUT2D eigenvalue weighted by Gasteiger charge is 2.03. The van der Waals surface area contributed by atoms with Gasteiger partial charge in [-0.3, -0.25) is 0 Å². The van der Waals surface area contributed by atoms with Crippen molar-refractivity contribution in [1.82, 2.24) is 0 Å². The highest BCUT2D eigenvalue weighted by atomic mass is 16.5. The summed E-state index contributed by atoms with van der Waals surface area (Å²) in [6, 6.07) is 0. The van der Waals surface area contributed by atoms with Gasteiger partial charge in [-0.2, -0.15) is 0 Å². The van der Waals surface area contributed by atoms with Gasteiger partial charge >= 0.3 is 0 Å². The number of ketones is 1. The van der Waals surface area contributed by atoms with Crippen LogP contribution in [0.4, 0.5) is 0 Å². The monoisotopic (exact) mass is 146 g/mol. The molecule has 0 bridgehead atoms. The van der Waals surface area contributed by atoms with E-state index in [9.17, 15) is 4.79 Å². The lowest BCUT2D eigenvalue weighted by Crippen LogP contribution is -2.14. The van der Waals surface area contributed by atoms with E-state index in [0.717, 1.165) is 0 Å². The van der Waals surface area contributed by atoms with Crippen molar-refractivity contribution in [3.63, 3.8) is 0 Å². The summed E-state index contributed by atoms with van der Waals surface area (Å²) in [5.41, 5.74) is 0. The summed E-state index contributed by atoms with van der Waals surface area (Å²) < 4.78 is 4.67. The summed E-state index contributed by atoms with van der Waals surface area (Å²) >= 11 is 0. The third kappa shape index (κ3) is 5.72. The van der Waals surface area contributed by atoms with E-state index >= 15 is 0 Å². The van der Waals surface area contributed by atoms with Crippen LogP contribution >= 0.6 is 0 Å². The van der Waals surface area contributed by atoms with Gasteiger partial charge in [0.25, 0.3) is 0 Å². The van der Waals surface area contributed by atoms with Crippen LogP contribution in [0.2, 0.25) is 0 Å². The molecule has 0 aromatic carbocycles. The molecule has 0 aromatic rings. The van der Waals surface area contributed by atoms with Crippen LogP contribution < -0.4 is 0 Å². The molecule has 0 aromatic heterocycles. The molecule has 10 heavy (non-hydrogen) atoms. The van der Waals surface area contributed by atoms with Crippen LogP contribution in [0.5, 0.6) is 0 Å². The number of rotatable bonds is 5. The first-order valence-electron chi connectivity index (χ1n) is 3.33. The smallest absolute Gasteiger partial charge is 0.129 e. The van der Waals surface area contributed by atoms with Crippen molar-refractivity contribution >= 4 is 5.78 Å². The Hall–Kier alpha value is -0.410. The Labute approximate surface area is 61.0 Å². The molecular weight excluding hydrogens is 132 g/mol. The average molecular weight is 146 g/mol. The van der Waals surface area contributed by atoms with Gasteiger partial charge in [0.15, 0.2) is 0 Å². The van der Waals surface area contributed by atoms with E-state index in [0.29, 0.717) is 19.4 Å². The molecule has 0 amide bonds. The zero-order chi connectivity index (χ0) is 7.98. The van der Waals surface area contributed by atoms with Crippen LogP contribution in [0.1, 0.15) is 19.8 Å². The van der Waals surface area contributed by atoms with Crippen molar-refractivity contribution in [2.24, 2.45) is 0 Å². The Bertz CT molecular complexity index is 101. The lowest BCUT2D eigenvalue weighted by atomic mass is 10.1. The SMILES string of the molecule is COCC(O)CCC(C)=O. The summed E-state index contributed by atoms with van der Waals surface area (Å²) in [6.07, 6.45) is 0.446. The second-order valence-electron chi connectivity index (χ2n) is 2.35. The number of hydrogen-bond donors (Lipinski definition) is 1. The highest BCUT2D eigenvalue weighted by Crippen LogP contribution is 1.97. The second kappa shape index (κ2) is 5.38. The summed E-state index contributed by atoms with van der Waals surface area (Å²) in [7, 11) is 1.52. The lowest BCUT2D eigenvalue weighted by molar-refractivity contribution is -0.117. The molecule has 0 radical (unpaired) electrons. The Balaban J connectivity index is 3.21. The Morgan fingerprint density at radius 2 is 2.30 bits per heavy atom. The predicted octanol–water partition coefficient (Wildman–Crippen LogP) is 0.363. The Morgan fingerprint density at radius 1 is 1.70 bits per heavy atom. The van der Waals surface area contributed by atoms with E-state index in [1.807, 2.05) is 0 Å². The minimum atomic E-state index is -0.492. The number of hydrogen-bond acceptors (Lipinski definition) is 3. The third-order valence-electron chi connectivity index (χ3n) is 1.19. The minimum Gasteiger partial charge on any atom is -0.391 e. The molecule has 3 nitrogen and oxygen atoms in total. The second-order valence-corrected chi connectivity index (χ2v) is 2.35. The van der Waals surface area contributed by atoms with Crippen molar-refractivity contribution in [2.75, 3.05) is 13.7 Å². The molecule has 0 spiro atoms. The third-order valence-corrected chi connectivity index (χ3v) is 1.19. The van der Waals surface area contributed by atoms with E-state index < -0.39 is 6.10 Å². The van der Waals surface area contributed by atoms with Crippen molar-refractivity contribution < 1.29 is 14.6 Å². The lowest BCUT2D eigenvalue weighted by Gasteiger charge is -2.06. The molecular formula is C7H14O3. The number of carbonyl (C=O) groups is 1. The van der Waals surface area contributed by atoms with Gasteiger partial charge in [-0.1, -0.05) is 0 Å². The highest BCUT2D eigenvalue weighted by molar-refractivity contribution is 5.75. The van der Waals surface area contributed by atoms with E-state index in [-0.39, 0.29) is 5.78 Å². The van der Waals surface area contributed by atoms with Gasteiger partial charge in [-0.25, -0.2) is 0 Å². The molecule has 0 fully saturated rings. The van der Waals surface area contributed by atoms with E-state index in [1.165, 1.54) is 14.0 Å². The van der Waals surface area contributed by atoms with Gasteiger partial charge in [0, 0.05) is 13.5 Å². The molecule has 1 unspecified atom stereocenters. The molecule has 60 valence electrons. The first-order valence-corrected chi connectivity index (χ1v) is 3.33. The largest absolute Gasteiger partial charge is 0.391 e. The van der Waals surface area contributed by atoms with Gasteiger partial charge in [0.05, 0.1) is 12.7 Å². The molecule has 0 saturated carbocycles. The normalized spacial score (nSPS) is 13.1. The summed E-state index contributed by atoms with van der Waals surface area (Å²) in [4.78, 5) is 10.4. The molecule has 0 heterocycles. The molecule has 0 rings (SSSR count). The number of Topliss-reactive ketones (excluding diaryl/α,β-unsaturated/α-hetero) is 1. The van der Waals surface area contributed by atoms with Crippen LogP contribution in [0.25, 0.3) is 0 Å². The fourth-order valence-electron chi connectivity index (χ4n) is 0.646. The fraction of sp³-hybridized carbons (Fsp3) is 0.857. The quantitative estimate of drug-likeness (QED) is 0.609. The molecule has 1 N–H and O–H groups in total. The number of ether oxygens (including phenoxy) is 1. The first-order chi connectivity index (χ1) is 4.66. The zero-order valence-electron chi connectivity index (χ0n) is 6.46. The van der Waals surface area contributed by atoms with Gasteiger partial charge in [0.2, 0.25) is 0 Å². The molecule has 0 aliphatic rings. The van der Waals surface area contributed by atoms with Crippen LogP contribution in [-0.4, -0.2) is 30.7 Å². The van der Waals surface area contributed by atoms with E-state index in [2.05, 4.69) is 4.74 Å². The summed E-state index contributed by atoms with van der Waals surface area (Å²) in [5.74, 6) is 0.107. The van der Waals surface area contributed by atoms with Crippen molar-refractivity contribution in [1.29, 1.82) is 0 Å². The maximum atomic E-state index is 10.4. The molecule has 0 saturated heterocycles. The molecule has 0 aliphatic carbocycles. The van der Waals surface area contributed by atoms with Crippen LogP contribution in [0.15, 0.2) is 0 Å². The average Bonchev–Trinajstić information content (AvgIpc) is 1.85. The van der Waals surface area contributed by atoms with Gasteiger partial charge in [0.1, 0.15) is 5.78 Å². The first kappa shape index (κ1) is 9.59. The van der Waals surface area contributed by atoms with Crippen molar-refractivity contribution in [2.45, 2.75) is 25.9 Å². The summed E-state index contributed by atoms with van der Waals surface area (Å²) in [5, 5.41) is 9.02. The van der Waals surface area contributed by atoms with Crippen LogP contribution in [0.3, 0.4) is 0 Å². The number of aliphatic hydroxyl groups is 1. The molecule has 3 heteroatoms. The van der Waals surface area contributed by atoms with Gasteiger partial charge in [-0.15, -0.1) is 0 Å². The maximum Gasteiger partial charge on any atom is 0.129 e. The van der Waals surface area contributed by atoms with Crippen molar-refractivity contribution in [3.8, 4) is 0 Å². The van der Waals surface area contributed by atoms with Crippen LogP contribution in [-0.2, 0) is 9.53 Å². The number of aliphatic hydroxyl groups excluding tert-OH is 1. The van der Waals surface area contributed by atoms with Gasteiger partial charge < -0.3 is 14.6 Å². The Kier molecular flexibility index (Phi) is 5.16.